The van der Waals surface area contributed by atoms with E-state index in [4.69, 9.17) is 0 Å². The summed E-state index contributed by atoms with van der Waals surface area (Å²) in [5.41, 5.74) is 5.11. The molecule has 0 aromatic heterocycles. The highest BCUT2D eigenvalue weighted by Gasteiger charge is 2.24. The molecule has 0 aliphatic heterocycles. The fraction of sp³-hybridized carbons (Fsp3) is 0.588. The SMILES string of the molecule is Cc1c(C(C)(C)C)cc(/C=[N+](/C)[O-])cc1C(C)(C)C. The van der Waals surface area contributed by atoms with Crippen LogP contribution < -0.4 is 0 Å². The van der Waals surface area contributed by atoms with Crippen LogP contribution in [0.5, 0.6) is 0 Å². The first-order valence-corrected chi connectivity index (χ1v) is 6.83. The Hall–Kier alpha value is -1.31. The number of hydrogen-bond acceptors (Lipinski definition) is 1. The van der Waals surface area contributed by atoms with Crippen LogP contribution in [0.25, 0.3) is 0 Å². The van der Waals surface area contributed by atoms with E-state index >= 15 is 0 Å². The van der Waals surface area contributed by atoms with Crippen LogP contribution in [0.2, 0.25) is 0 Å². The van der Waals surface area contributed by atoms with E-state index in [-0.39, 0.29) is 10.8 Å². The van der Waals surface area contributed by atoms with Crippen molar-refractivity contribution >= 4 is 6.21 Å². The summed E-state index contributed by atoms with van der Waals surface area (Å²) in [7, 11) is 1.52. The number of benzene rings is 1. The van der Waals surface area contributed by atoms with E-state index in [0.29, 0.717) is 0 Å². The predicted molar refractivity (Wildman–Crippen MR) is 83.3 cm³/mol. The third kappa shape index (κ3) is 3.82. The summed E-state index contributed by atoms with van der Waals surface area (Å²) in [6, 6.07) is 4.28. The topological polar surface area (TPSA) is 26.1 Å². The third-order valence-corrected chi connectivity index (χ3v) is 3.38. The largest absolute Gasteiger partial charge is 0.624 e. The van der Waals surface area contributed by atoms with Crippen molar-refractivity contribution in [2.45, 2.75) is 59.3 Å². The van der Waals surface area contributed by atoms with E-state index in [2.05, 4.69) is 60.6 Å². The molecule has 0 atom stereocenters. The highest BCUT2D eigenvalue weighted by atomic mass is 16.5. The molecule has 0 N–H and O–H groups in total. The zero-order valence-corrected chi connectivity index (χ0v) is 13.6. The Labute approximate surface area is 117 Å². The first kappa shape index (κ1) is 15.7. The van der Waals surface area contributed by atoms with Gasteiger partial charge in [0.1, 0.15) is 7.05 Å². The summed E-state index contributed by atoms with van der Waals surface area (Å²) in [4.78, 5) is 0. The molecular formula is C17H27NO. The Bertz CT molecular complexity index is 460. The second-order valence-electron chi connectivity index (χ2n) is 7.42. The van der Waals surface area contributed by atoms with Gasteiger partial charge in [-0.2, -0.15) is 0 Å². The average molecular weight is 261 g/mol. The van der Waals surface area contributed by atoms with Crippen LogP contribution in [0.4, 0.5) is 0 Å². The molecule has 1 aromatic rings. The smallest absolute Gasteiger partial charge is 0.181 e. The predicted octanol–water partition coefficient (Wildman–Crippen LogP) is 4.15. The lowest BCUT2D eigenvalue weighted by Crippen LogP contribution is -2.20. The second-order valence-corrected chi connectivity index (χ2v) is 7.42. The Kier molecular flexibility index (Phi) is 4.14. The average Bonchev–Trinajstić information content (AvgIpc) is 2.16. The Morgan fingerprint density at radius 3 is 1.58 bits per heavy atom. The molecule has 0 unspecified atom stereocenters. The van der Waals surface area contributed by atoms with Crippen molar-refractivity contribution in [2.24, 2.45) is 0 Å². The zero-order chi connectivity index (χ0) is 15.0. The van der Waals surface area contributed by atoms with Crippen LogP contribution in [0, 0.1) is 12.1 Å². The summed E-state index contributed by atoms with van der Waals surface area (Å²) in [6.45, 7) is 15.5. The maximum atomic E-state index is 11.3. The summed E-state index contributed by atoms with van der Waals surface area (Å²) < 4.78 is 0.865. The molecule has 106 valence electrons. The van der Waals surface area contributed by atoms with Gasteiger partial charge in [-0.3, -0.25) is 0 Å². The quantitative estimate of drug-likeness (QED) is 0.323. The maximum absolute atomic E-state index is 11.3. The summed E-state index contributed by atoms with van der Waals surface area (Å²) in [5.74, 6) is 0. The Balaban J connectivity index is 3.62. The lowest BCUT2D eigenvalue weighted by molar-refractivity contribution is -0.416. The van der Waals surface area contributed by atoms with Gasteiger partial charge in [-0.25, -0.2) is 4.74 Å². The Morgan fingerprint density at radius 1 is 0.947 bits per heavy atom. The van der Waals surface area contributed by atoms with Crippen LogP contribution in [-0.2, 0) is 10.8 Å². The minimum atomic E-state index is 0.0788. The van der Waals surface area contributed by atoms with Crippen molar-refractivity contribution in [1.29, 1.82) is 0 Å². The van der Waals surface area contributed by atoms with E-state index in [9.17, 15) is 5.21 Å². The molecule has 1 aromatic carbocycles. The Morgan fingerprint density at radius 2 is 1.32 bits per heavy atom. The number of hydrogen-bond donors (Lipinski definition) is 0. The fourth-order valence-corrected chi connectivity index (χ4v) is 2.58. The summed E-state index contributed by atoms with van der Waals surface area (Å²) in [5, 5.41) is 11.3. The van der Waals surface area contributed by atoms with Crippen molar-refractivity contribution in [3.63, 3.8) is 0 Å². The molecular weight excluding hydrogens is 234 g/mol. The van der Waals surface area contributed by atoms with Gasteiger partial charge >= 0.3 is 0 Å². The van der Waals surface area contributed by atoms with Gasteiger partial charge in [0, 0.05) is 5.56 Å². The molecule has 0 heterocycles. The molecule has 2 nitrogen and oxygen atoms in total. The van der Waals surface area contributed by atoms with Gasteiger partial charge < -0.3 is 5.21 Å². The lowest BCUT2D eigenvalue weighted by atomic mass is 9.76. The van der Waals surface area contributed by atoms with Crippen molar-refractivity contribution in [3.8, 4) is 0 Å². The molecule has 1 rings (SSSR count). The van der Waals surface area contributed by atoms with E-state index < -0.39 is 0 Å². The molecule has 0 bridgehead atoms. The molecule has 0 fully saturated rings. The first-order valence-electron chi connectivity index (χ1n) is 6.83. The standard InChI is InChI=1S/C17H27NO/c1-12-14(16(2,3)4)9-13(11-18(8)19)10-15(12)17(5,6)7/h9-11H,1-8H3/b18-11-. The van der Waals surface area contributed by atoms with Crippen molar-refractivity contribution in [2.75, 3.05) is 7.05 Å². The molecule has 0 amide bonds. The third-order valence-electron chi connectivity index (χ3n) is 3.38. The van der Waals surface area contributed by atoms with Crippen molar-refractivity contribution in [3.05, 3.63) is 39.6 Å². The zero-order valence-electron chi connectivity index (χ0n) is 13.6. The molecule has 19 heavy (non-hydrogen) atoms. The molecule has 0 saturated carbocycles. The first-order chi connectivity index (χ1) is 8.43. The monoisotopic (exact) mass is 261 g/mol. The molecule has 0 aliphatic carbocycles. The second kappa shape index (κ2) is 4.99. The minimum absolute atomic E-state index is 0.0788. The molecule has 0 spiro atoms. The van der Waals surface area contributed by atoms with Crippen LogP contribution in [0.1, 0.15) is 63.8 Å². The van der Waals surface area contributed by atoms with E-state index in [1.165, 1.54) is 23.7 Å². The van der Waals surface area contributed by atoms with Gasteiger partial charge in [-0.1, -0.05) is 41.5 Å². The van der Waals surface area contributed by atoms with Crippen LogP contribution in [-0.4, -0.2) is 18.0 Å². The normalized spacial score (nSPS) is 13.8. The summed E-state index contributed by atoms with van der Waals surface area (Å²) in [6.07, 6.45) is 1.64. The highest BCUT2D eigenvalue weighted by Crippen LogP contribution is 2.34. The van der Waals surface area contributed by atoms with Crippen LogP contribution >= 0.6 is 0 Å². The van der Waals surface area contributed by atoms with Gasteiger partial charge in [0.15, 0.2) is 6.21 Å². The van der Waals surface area contributed by atoms with Gasteiger partial charge in [-0.15, -0.1) is 0 Å². The van der Waals surface area contributed by atoms with Crippen molar-refractivity contribution in [1.82, 2.24) is 0 Å². The number of rotatable bonds is 1. The van der Waals surface area contributed by atoms with E-state index in [1.54, 1.807) is 6.21 Å². The number of nitrogens with zero attached hydrogens (tertiary/aromatic N) is 1. The van der Waals surface area contributed by atoms with E-state index in [1.807, 2.05) is 0 Å². The fourth-order valence-electron chi connectivity index (χ4n) is 2.58. The van der Waals surface area contributed by atoms with Gasteiger partial charge in [0.2, 0.25) is 0 Å². The minimum Gasteiger partial charge on any atom is -0.624 e. The van der Waals surface area contributed by atoms with Crippen LogP contribution in [0.3, 0.4) is 0 Å². The lowest BCUT2D eigenvalue weighted by Gasteiger charge is -2.29. The highest BCUT2D eigenvalue weighted by molar-refractivity contribution is 5.77. The van der Waals surface area contributed by atoms with Crippen molar-refractivity contribution < 1.29 is 4.74 Å². The molecule has 0 radical (unpaired) electrons. The van der Waals surface area contributed by atoms with Gasteiger partial charge in [-0.05, 0) is 46.6 Å². The maximum Gasteiger partial charge on any atom is 0.181 e. The van der Waals surface area contributed by atoms with E-state index in [0.717, 1.165) is 10.3 Å². The van der Waals surface area contributed by atoms with Crippen LogP contribution in [0.15, 0.2) is 12.1 Å². The molecule has 0 aliphatic rings. The summed E-state index contributed by atoms with van der Waals surface area (Å²) >= 11 is 0. The molecule has 0 saturated heterocycles. The van der Waals surface area contributed by atoms with Gasteiger partial charge in [0.25, 0.3) is 0 Å². The molecule has 2 heteroatoms. The number of hydroxylamine groups is 1. The van der Waals surface area contributed by atoms with Gasteiger partial charge in [0.05, 0.1) is 0 Å².